The molecule has 0 aliphatic carbocycles. The van der Waals surface area contributed by atoms with Gasteiger partial charge in [-0.05, 0) is 62.0 Å². The van der Waals surface area contributed by atoms with Crippen LogP contribution in [0, 0.1) is 13.8 Å². The number of thioether (sulfide) groups is 1. The summed E-state index contributed by atoms with van der Waals surface area (Å²) in [6, 6.07) is 6.31. The average molecular weight is 293 g/mol. The zero-order valence-electron chi connectivity index (χ0n) is 12.9. The van der Waals surface area contributed by atoms with Crippen molar-refractivity contribution in [3.8, 4) is 0 Å². The van der Waals surface area contributed by atoms with E-state index in [0.717, 1.165) is 18.7 Å². The van der Waals surface area contributed by atoms with E-state index in [1.807, 2.05) is 11.8 Å². The Morgan fingerprint density at radius 3 is 2.40 bits per heavy atom. The van der Waals surface area contributed by atoms with Crippen molar-refractivity contribution >= 4 is 23.4 Å². The van der Waals surface area contributed by atoms with Crippen molar-refractivity contribution < 1.29 is 0 Å². The number of nitrogens with one attached hydrogen (secondary N) is 1. The number of hydrogen-bond donors (Lipinski definition) is 2. The van der Waals surface area contributed by atoms with Crippen LogP contribution < -0.4 is 11.1 Å². The van der Waals surface area contributed by atoms with Gasteiger partial charge in [-0.2, -0.15) is 11.8 Å². The van der Waals surface area contributed by atoms with Crippen LogP contribution >= 0.6 is 11.8 Å². The molecule has 0 bridgehead atoms. The zero-order valence-corrected chi connectivity index (χ0v) is 13.7. The number of guanidine groups is 1. The highest BCUT2D eigenvalue weighted by Gasteiger charge is 1.97. The molecule has 20 heavy (non-hydrogen) atoms. The van der Waals surface area contributed by atoms with Crippen molar-refractivity contribution in [2.45, 2.75) is 39.5 Å². The summed E-state index contributed by atoms with van der Waals surface area (Å²) in [6.07, 6.45) is 7.11. The standard InChI is InChI=1S/C16H27N3S/c1-13-10-14(2)12-15(11-13)19-16(17)18-8-6-4-5-7-9-20-3/h10-12H,4-9H2,1-3H3,(H3,17,18,19). The molecule has 0 amide bonds. The van der Waals surface area contributed by atoms with Crippen LogP contribution in [-0.4, -0.2) is 24.5 Å². The Labute approximate surface area is 127 Å². The minimum absolute atomic E-state index is 0.513. The van der Waals surface area contributed by atoms with E-state index in [1.165, 1.54) is 36.1 Å². The molecule has 0 heterocycles. The number of aryl methyl sites for hydroxylation is 2. The third-order valence-corrected chi connectivity index (χ3v) is 3.73. The van der Waals surface area contributed by atoms with Gasteiger partial charge in [-0.25, -0.2) is 0 Å². The molecule has 0 aliphatic rings. The Kier molecular flexibility index (Phi) is 8.19. The Morgan fingerprint density at radius 2 is 1.75 bits per heavy atom. The highest BCUT2D eigenvalue weighted by molar-refractivity contribution is 7.98. The van der Waals surface area contributed by atoms with Crippen molar-refractivity contribution in [2.24, 2.45) is 10.7 Å². The molecule has 0 radical (unpaired) electrons. The summed E-state index contributed by atoms with van der Waals surface area (Å²) < 4.78 is 0. The van der Waals surface area contributed by atoms with E-state index in [2.05, 4.69) is 48.6 Å². The highest BCUT2D eigenvalue weighted by atomic mass is 32.2. The van der Waals surface area contributed by atoms with Crippen LogP contribution in [0.25, 0.3) is 0 Å². The molecular weight excluding hydrogens is 266 g/mol. The van der Waals surface area contributed by atoms with Gasteiger partial charge in [0, 0.05) is 12.2 Å². The van der Waals surface area contributed by atoms with Gasteiger partial charge in [0.05, 0.1) is 0 Å². The molecule has 0 fully saturated rings. The molecule has 4 heteroatoms. The SMILES string of the molecule is CSCCCCCCN=C(N)Nc1cc(C)cc(C)c1. The maximum Gasteiger partial charge on any atom is 0.193 e. The van der Waals surface area contributed by atoms with E-state index < -0.39 is 0 Å². The topological polar surface area (TPSA) is 50.4 Å². The molecule has 0 atom stereocenters. The molecule has 1 aromatic carbocycles. The monoisotopic (exact) mass is 293 g/mol. The highest BCUT2D eigenvalue weighted by Crippen LogP contribution is 2.13. The number of hydrogen-bond acceptors (Lipinski definition) is 2. The second-order valence-electron chi connectivity index (χ2n) is 5.18. The largest absolute Gasteiger partial charge is 0.370 e. The van der Waals surface area contributed by atoms with Gasteiger partial charge in [0.15, 0.2) is 5.96 Å². The number of nitrogens with zero attached hydrogens (tertiary/aromatic N) is 1. The van der Waals surface area contributed by atoms with E-state index in [1.54, 1.807) is 0 Å². The lowest BCUT2D eigenvalue weighted by Gasteiger charge is -2.08. The number of unbranched alkanes of at least 4 members (excludes halogenated alkanes) is 3. The molecule has 0 aliphatic heterocycles. The number of anilines is 1. The number of aliphatic imine (C=N–C) groups is 1. The van der Waals surface area contributed by atoms with Crippen LogP contribution in [0.5, 0.6) is 0 Å². The van der Waals surface area contributed by atoms with Crippen LogP contribution in [0.2, 0.25) is 0 Å². The fourth-order valence-electron chi connectivity index (χ4n) is 2.15. The number of nitrogens with two attached hydrogens (primary N) is 1. The van der Waals surface area contributed by atoms with Gasteiger partial charge >= 0.3 is 0 Å². The third-order valence-electron chi connectivity index (χ3n) is 3.03. The molecule has 0 saturated carbocycles. The molecule has 0 aromatic heterocycles. The first kappa shape index (κ1) is 16.9. The van der Waals surface area contributed by atoms with Gasteiger partial charge in [-0.1, -0.05) is 18.9 Å². The van der Waals surface area contributed by atoms with Crippen LogP contribution in [0.4, 0.5) is 5.69 Å². The quantitative estimate of drug-likeness (QED) is 0.433. The van der Waals surface area contributed by atoms with Crippen LogP contribution in [0.3, 0.4) is 0 Å². The summed E-state index contributed by atoms with van der Waals surface area (Å²) in [5.74, 6) is 1.78. The van der Waals surface area contributed by atoms with Gasteiger partial charge < -0.3 is 11.1 Å². The first-order chi connectivity index (χ1) is 9.61. The van der Waals surface area contributed by atoms with Gasteiger partial charge in [-0.15, -0.1) is 0 Å². The van der Waals surface area contributed by atoms with Gasteiger partial charge in [0.2, 0.25) is 0 Å². The molecular formula is C16H27N3S. The van der Waals surface area contributed by atoms with Crippen molar-refractivity contribution in [1.29, 1.82) is 0 Å². The first-order valence-corrected chi connectivity index (χ1v) is 8.65. The minimum atomic E-state index is 0.513. The summed E-state index contributed by atoms with van der Waals surface area (Å²) in [5, 5.41) is 3.16. The lowest BCUT2D eigenvalue weighted by Crippen LogP contribution is -2.23. The summed E-state index contributed by atoms with van der Waals surface area (Å²) in [5.41, 5.74) is 9.38. The molecule has 1 rings (SSSR count). The van der Waals surface area contributed by atoms with E-state index in [4.69, 9.17) is 5.73 Å². The molecule has 1 aromatic rings. The van der Waals surface area contributed by atoms with Crippen molar-refractivity contribution in [3.63, 3.8) is 0 Å². The maximum atomic E-state index is 5.90. The maximum absolute atomic E-state index is 5.90. The second kappa shape index (κ2) is 9.70. The van der Waals surface area contributed by atoms with E-state index in [0.29, 0.717) is 5.96 Å². The third kappa shape index (κ3) is 7.43. The molecule has 3 nitrogen and oxygen atoms in total. The van der Waals surface area contributed by atoms with E-state index >= 15 is 0 Å². The molecule has 112 valence electrons. The Morgan fingerprint density at radius 1 is 1.10 bits per heavy atom. The molecule has 3 N–H and O–H groups in total. The Hall–Kier alpha value is -1.16. The normalized spacial score (nSPS) is 11.7. The van der Waals surface area contributed by atoms with Crippen LogP contribution in [0.15, 0.2) is 23.2 Å². The number of benzene rings is 1. The number of rotatable bonds is 8. The van der Waals surface area contributed by atoms with Gasteiger partial charge in [0.25, 0.3) is 0 Å². The van der Waals surface area contributed by atoms with Crippen LogP contribution in [-0.2, 0) is 0 Å². The Bertz CT molecular complexity index is 409. The summed E-state index contributed by atoms with van der Waals surface area (Å²) in [7, 11) is 0. The fraction of sp³-hybridized carbons (Fsp3) is 0.562. The first-order valence-electron chi connectivity index (χ1n) is 7.26. The lowest BCUT2D eigenvalue weighted by molar-refractivity contribution is 0.678. The summed E-state index contributed by atoms with van der Waals surface area (Å²) in [4.78, 5) is 4.37. The molecule has 0 spiro atoms. The Balaban J connectivity index is 2.27. The van der Waals surface area contributed by atoms with Crippen molar-refractivity contribution in [3.05, 3.63) is 29.3 Å². The predicted octanol–water partition coefficient (Wildman–Crippen LogP) is 3.95. The van der Waals surface area contributed by atoms with Gasteiger partial charge in [0.1, 0.15) is 0 Å². The van der Waals surface area contributed by atoms with E-state index in [9.17, 15) is 0 Å². The van der Waals surface area contributed by atoms with Crippen molar-refractivity contribution in [2.75, 3.05) is 23.9 Å². The predicted molar refractivity (Wildman–Crippen MR) is 92.9 cm³/mol. The summed E-state index contributed by atoms with van der Waals surface area (Å²) in [6.45, 7) is 4.98. The molecule has 0 unspecified atom stereocenters. The second-order valence-corrected chi connectivity index (χ2v) is 6.16. The van der Waals surface area contributed by atoms with Crippen LogP contribution in [0.1, 0.15) is 36.8 Å². The van der Waals surface area contributed by atoms with Gasteiger partial charge in [-0.3, -0.25) is 4.99 Å². The lowest BCUT2D eigenvalue weighted by atomic mass is 10.1. The van der Waals surface area contributed by atoms with E-state index in [-0.39, 0.29) is 0 Å². The zero-order chi connectivity index (χ0) is 14.8. The van der Waals surface area contributed by atoms with Crippen molar-refractivity contribution in [1.82, 2.24) is 0 Å². The smallest absolute Gasteiger partial charge is 0.193 e. The average Bonchev–Trinajstić information content (AvgIpc) is 2.36. The molecule has 0 saturated heterocycles. The fourth-order valence-corrected chi connectivity index (χ4v) is 2.64. The summed E-state index contributed by atoms with van der Waals surface area (Å²) >= 11 is 1.92. The minimum Gasteiger partial charge on any atom is -0.370 e.